The molecule has 0 saturated heterocycles. The van der Waals surface area contributed by atoms with Crippen LogP contribution < -0.4 is 0 Å². The molecule has 4 rings (SSSR count). The van der Waals surface area contributed by atoms with Crippen molar-refractivity contribution < 1.29 is 55.3 Å². The van der Waals surface area contributed by atoms with E-state index in [0.29, 0.717) is 12.8 Å². The van der Waals surface area contributed by atoms with Crippen molar-refractivity contribution in [2.24, 2.45) is 17.8 Å². The van der Waals surface area contributed by atoms with Gasteiger partial charge in [0.05, 0.1) is 12.0 Å². The number of hydrogen-bond acceptors (Lipinski definition) is 7. The highest BCUT2D eigenvalue weighted by molar-refractivity contribution is 7.96. The molecule has 154 valence electrons. The predicted octanol–water partition coefficient (Wildman–Crippen LogP) is 3.61. The summed E-state index contributed by atoms with van der Waals surface area (Å²) in [5.74, 6) is -9.83. The van der Waals surface area contributed by atoms with Crippen LogP contribution >= 0.6 is 12.0 Å². The van der Waals surface area contributed by atoms with Crippen molar-refractivity contribution >= 4 is 23.8 Å². The summed E-state index contributed by atoms with van der Waals surface area (Å²) < 4.78 is 88.2. The Bertz CT molecular complexity index is 624. The van der Waals surface area contributed by atoms with Crippen molar-refractivity contribution in [1.29, 1.82) is 0 Å². The second-order valence-electron chi connectivity index (χ2n) is 7.21. The summed E-state index contributed by atoms with van der Waals surface area (Å²) in [6.07, 6.45) is -5.38. The molecule has 3 unspecified atom stereocenters. The number of hydrogen-bond donors (Lipinski definition) is 1. The summed E-state index contributed by atoms with van der Waals surface area (Å²) in [6, 6.07) is 0. The van der Waals surface area contributed by atoms with E-state index in [4.69, 9.17) is 9.99 Å². The molecule has 0 heterocycles. The molecule has 1 N–H and O–H groups in total. The van der Waals surface area contributed by atoms with Crippen LogP contribution in [0.4, 0.5) is 26.3 Å². The molecule has 6 nitrogen and oxygen atoms in total. The Hall–Kier alpha value is -1.05. The standard InChI is InChI=1S/C14H14F6O6S/c15-12(27-26-25-23,13(16,17)14(18,19)20)10(22)24-11-3-6-1-7(4-11)9(21)8(2-6)5-11/h6-8,23H,1-5H2. The number of esters is 1. The van der Waals surface area contributed by atoms with Crippen molar-refractivity contribution in [2.45, 2.75) is 54.8 Å². The summed E-state index contributed by atoms with van der Waals surface area (Å²) in [5.41, 5.74) is -1.48. The van der Waals surface area contributed by atoms with Crippen molar-refractivity contribution in [2.75, 3.05) is 0 Å². The first kappa shape index (κ1) is 20.7. The minimum Gasteiger partial charge on any atom is -0.456 e. The van der Waals surface area contributed by atoms with E-state index in [2.05, 4.69) is 9.37 Å². The Morgan fingerprint density at radius 1 is 1.07 bits per heavy atom. The van der Waals surface area contributed by atoms with E-state index in [-0.39, 0.29) is 31.0 Å². The van der Waals surface area contributed by atoms with Gasteiger partial charge in [-0.1, -0.05) is 5.04 Å². The lowest BCUT2D eigenvalue weighted by Gasteiger charge is -2.54. The first-order valence-corrected chi connectivity index (χ1v) is 8.66. The molecule has 13 heteroatoms. The Morgan fingerprint density at radius 3 is 2.11 bits per heavy atom. The number of carbonyl (C=O) groups excluding carboxylic acids is 2. The van der Waals surface area contributed by atoms with Gasteiger partial charge in [0, 0.05) is 11.8 Å². The number of carbonyl (C=O) groups is 2. The topological polar surface area (TPSA) is 82.1 Å². The Kier molecular flexibility index (Phi) is 4.97. The Balaban J connectivity index is 1.86. The maximum absolute atomic E-state index is 14.6. The third-order valence-electron chi connectivity index (χ3n) is 5.45. The number of Topliss-reactive ketones (excluding diaryl/α,β-unsaturated/α-hetero) is 1. The first-order valence-electron chi connectivity index (χ1n) is 7.92. The van der Waals surface area contributed by atoms with Gasteiger partial charge in [-0.3, -0.25) is 4.79 Å². The van der Waals surface area contributed by atoms with Crippen molar-refractivity contribution in [1.82, 2.24) is 0 Å². The second-order valence-corrected chi connectivity index (χ2v) is 8.08. The van der Waals surface area contributed by atoms with Gasteiger partial charge in [0.2, 0.25) is 0 Å². The molecule has 0 radical (unpaired) electrons. The highest BCUT2D eigenvalue weighted by atomic mass is 32.2. The average molecular weight is 424 g/mol. The summed E-state index contributed by atoms with van der Waals surface area (Å²) in [7, 11) is 0. The molecule has 4 bridgehead atoms. The third-order valence-corrected chi connectivity index (χ3v) is 6.23. The molecule has 0 aromatic carbocycles. The maximum Gasteiger partial charge on any atom is 0.458 e. The molecular weight excluding hydrogens is 410 g/mol. The van der Waals surface area contributed by atoms with Crippen molar-refractivity contribution in [3.05, 3.63) is 0 Å². The lowest BCUT2D eigenvalue weighted by atomic mass is 9.53. The lowest BCUT2D eigenvalue weighted by molar-refractivity contribution is -0.434. The molecular formula is C14H14F6O6S. The van der Waals surface area contributed by atoms with Crippen LogP contribution in [-0.2, 0) is 23.7 Å². The van der Waals surface area contributed by atoms with E-state index in [1.54, 1.807) is 0 Å². The van der Waals surface area contributed by atoms with Crippen LogP contribution in [-0.4, -0.2) is 39.7 Å². The predicted molar refractivity (Wildman–Crippen MR) is 74.6 cm³/mol. The molecule has 0 aromatic rings. The van der Waals surface area contributed by atoms with E-state index in [1.165, 1.54) is 0 Å². The molecule has 4 saturated carbocycles. The van der Waals surface area contributed by atoms with Crippen molar-refractivity contribution in [3.8, 4) is 0 Å². The molecule has 3 atom stereocenters. The minimum absolute atomic E-state index is 0.0553. The fourth-order valence-corrected chi connectivity index (χ4v) is 4.98. The van der Waals surface area contributed by atoms with Gasteiger partial charge in [-0.05, 0) is 38.0 Å². The van der Waals surface area contributed by atoms with Gasteiger partial charge in [-0.15, -0.1) is 4.33 Å². The molecule has 0 aromatic heterocycles. The highest BCUT2D eigenvalue weighted by Crippen LogP contribution is 2.58. The Labute approximate surface area is 152 Å². The molecule has 0 spiro atoms. The van der Waals surface area contributed by atoms with Gasteiger partial charge in [0.15, 0.2) is 0 Å². The quantitative estimate of drug-likeness (QED) is 0.229. The molecule has 4 aliphatic rings. The zero-order valence-corrected chi connectivity index (χ0v) is 14.2. The normalized spacial score (nSPS) is 35.2. The fraction of sp³-hybridized carbons (Fsp3) is 0.857. The number of ketones is 1. The zero-order chi connectivity index (χ0) is 20.3. The van der Waals surface area contributed by atoms with Gasteiger partial charge in [0.25, 0.3) is 0 Å². The highest BCUT2D eigenvalue weighted by Gasteiger charge is 2.78. The van der Waals surface area contributed by atoms with Crippen LogP contribution in [0.5, 0.6) is 0 Å². The van der Waals surface area contributed by atoms with E-state index in [0.717, 1.165) is 0 Å². The van der Waals surface area contributed by atoms with Crippen molar-refractivity contribution in [3.63, 3.8) is 0 Å². The summed E-state index contributed by atoms with van der Waals surface area (Å²) in [4.78, 5) is 24.2. The summed E-state index contributed by atoms with van der Waals surface area (Å²) in [5, 5.41) is 5.79. The molecule has 0 amide bonds. The van der Waals surface area contributed by atoms with Gasteiger partial charge < -0.3 is 4.74 Å². The molecule has 4 fully saturated rings. The zero-order valence-electron chi connectivity index (χ0n) is 13.4. The first-order chi connectivity index (χ1) is 12.4. The van der Waals surface area contributed by atoms with Crippen LogP contribution in [0, 0.1) is 17.8 Å². The van der Waals surface area contributed by atoms with Gasteiger partial charge in [-0.25, -0.2) is 14.4 Å². The maximum atomic E-state index is 14.6. The smallest absolute Gasteiger partial charge is 0.456 e. The van der Waals surface area contributed by atoms with Gasteiger partial charge in [0.1, 0.15) is 11.4 Å². The second kappa shape index (κ2) is 6.49. The summed E-state index contributed by atoms with van der Waals surface area (Å²) >= 11 is -1.36. The average Bonchev–Trinajstić information content (AvgIpc) is 2.55. The van der Waals surface area contributed by atoms with Crippen LogP contribution in [0.25, 0.3) is 0 Å². The van der Waals surface area contributed by atoms with Crippen LogP contribution in [0.15, 0.2) is 0 Å². The number of halogens is 6. The van der Waals surface area contributed by atoms with E-state index < -0.39 is 52.5 Å². The van der Waals surface area contributed by atoms with Crippen LogP contribution in [0.2, 0.25) is 0 Å². The van der Waals surface area contributed by atoms with E-state index in [1.807, 2.05) is 0 Å². The number of alkyl halides is 6. The summed E-state index contributed by atoms with van der Waals surface area (Å²) in [6.45, 7) is 0. The van der Waals surface area contributed by atoms with Gasteiger partial charge in [-0.2, -0.15) is 22.0 Å². The number of rotatable bonds is 6. The largest absolute Gasteiger partial charge is 0.458 e. The third kappa shape index (κ3) is 3.21. The monoisotopic (exact) mass is 424 g/mol. The molecule has 4 aliphatic carbocycles. The lowest BCUT2D eigenvalue weighted by Crippen LogP contribution is -2.62. The van der Waals surface area contributed by atoms with Crippen LogP contribution in [0.1, 0.15) is 32.1 Å². The molecule has 27 heavy (non-hydrogen) atoms. The SMILES string of the molecule is O=C1C2CC3CC1CC(OC(=O)C(F)(SOOO)C(F)(F)C(F)(F)F)(C3)C2. The Morgan fingerprint density at radius 2 is 1.63 bits per heavy atom. The van der Waals surface area contributed by atoms with Crippen LogP contribution in [0.3, 0.4) is 0 Å². The fourth-order valence-electron chi connectivity index (χ4n) is 4.52. The van der Waals surface area contributed by atoms with E-state index in [9.17, 15) is 35.9 Å². The number of ether oxygens (including phenoxy) is 1. The van der Waals surface area contributed by atoms with Gasteiger partial charge >= 0.3 is 23.1 Å². The molecule has 0 aliphatic heterocycles. The van der Waals surface area contributed by atoms with E-state index >= 15 is 0 Å². The minimum atomic E-state index is -6.45.